The maximum absolute atomic E-state index is 12.8. The van der Waals surface area contributed by atoms with Crippen LogP contribution in [0.5, 0.6) is 5.75 Å². The van der Waals surface area contributed by atoms with E-state index in [4.69, 9.17) is 4.74 Å². The van der Waals surface area contributed by atoms with Crippen molar-refractivity contribution in [2.24, 2.45) is 11.3 Å². The highest BCUT2D eigenvalue weighted by atomic mass is 16.5. The van der Waals surface area contributed by atoms with Gasteiger partial charge in [0, 0.05) is 17.0 Å². The number of ether oxygens (including phenoxy) is 1. The SMILES string of the molecule is COc1ccccc1C1C(C(=O)c2ccccc2)C1(C#N)C#N. The zero-order chi connectivity index (χ0) is 16.4. The van der Waals surface area contributed by atoms with Crippen molar-refractivity contribution in [3.8, 4) is 17.9 Å². The fraction of sp³-hybridized carbons (Fsp3) is 0.211. The fourth-order valence-electron chi connectivity index (χ4n) is 3.18. The van der Waals surface area contributed by atoms with Gasteiger partial charge in [0.15, 0.2) is 11.2 Å². The molecule has 2 atom stereocenters. The Hall–Kier alpha value is -3.11. The van der Waals surface area contributed by atoms with Crippen LogP contribution in [0.1, 0.15) is 21.8 Å². The Morgan fingerprint density at radius 1 is 1.04 bits per heavy atom. The molecule has 0 heterocycles. The molecule has 0 amide bonds. The minimum absolute atomic E-state index is 0.176. The van der Waals surface area contributed by atoms with Crippen molar-refractivity contribution in [3.05, 3.63) is 65.7 Å². The molecular formula is C19H14N2O2. The zero-order valence-electron chi connectivity index (χ0n) is 12.6. The maximum Gasteiger partial charge on any atom is 0.169 e. The maximum atomic E-state index is 12.8. The van der Waals surface area contributed by atoms with Crippen LogP contribution in [0, 0.1) is 34.0 Å². The number of benzene rings is 2. The van der Waals surface area contributed by atoms with E-state index in [1.54, 1.807) is 30.3 Å². The molecule has 0 N–H and O–H groups in total. The summed E-state index contributed by atoms with van der Waals surface area (Å²) >= 11 is 0. The number of hydrogen-bond acceptors (Lipinski definition) is 4. The minimum atomic E-state index is -1.33. The molecule has 0 aliphatic heterocycles. The van der Waals surface area contributed by atoms with Crippen LogP contribution in [0.2, 0.25) is 0 Å². The molecule has 2 unspecified atom stereocenters. The minimum Gasteiger partial charge on any atom is -0.496 e. The van der Waals surface area contributed by atoms with Gasteiger partial charge >= 0.3 is 0 Å². The highest BCUT2D eigenvalue weighted by Gasteiger charge is 2.71. The van der Waals surface area contributed by atoms with E-state index in [1.807, 2.05) is 24.3 Å². The molecule has 23 heavy (non-hydrogen) atoms. The van der Waals surface area contributed by atoms with Crippen LogP contribution < -0.4 is 4.74 Å². The van der Waals surface area contributed by atoms with Crippen molar-refractivity contribution in [1.82, 2.24) is 0 Å². The first-order chi connectivity index (χ1) is 11.2. The monoisotopic (exact) mass is 302 g/mol. The molecule has 0 radical (unpaired) electrons. The third kappa shape index (κ3) is 2.17. The van der Waals surface area contributed by atoms with Gasteiger partial charge in [-0.15, -0.1) is 0 Å². The summed E-state index contributed by atoms with van der Waals surface area (Å²) < 4.78 is 5.33. The zero-order valence-corrected chi connectivity index (χ0v) is 12.6. The Labute approximate surface area is 134 Å². The van der Waals surface area contributed by atoms with Crippen molar-refractivity contribution >= 4 is 5.78 Å². The van der Waals surface area contributed by atoms with Crippen LogP contribution in [0.4, 0.5) is 0 Å². The average Bonchev–Trinajstić information content (AvgIpc) is 3.30. The molecule has 1 aliphatic rings. The Morgan fingerprint density at radius 2 is 1.65 bits per heavy atom. The summed E-state index contributed by atoms with van der Waals surface area (Å²) in [6.45, 7) is 0. The highest BCUT2D eigenvalue weighted by Crippen LogP contribution is 2.66. The normalized spacial score (nSPS) is 20.8. The molecule has 112 valence electrons. The topological polar surface area (TPSA) is 73.9 Å². The van der Waals surface area contributed by atoms with E-state index >= 15 is 0 Å². The fourth-order valence-corrected chi connectivity index (χ4v) is 3.18. The van der Waals surface area contributed by atoms with Gasteiger partial charge in [0.2, 0.25) is 0 Å². The van der Waals surface area contributed by atoms with Gasteiger partial charge < -0.3 is 4.74 Å². The number of ketones is 1. The Balaban J connectivity index is 2.05. The van der Waals surface area contributed by atoms with E-state index in [9.17, 15) is 15.3 Å². The average molecular weight is 302 g/mol. The van der Waals surface area contributed by atoms with Gasteiger partial charge in [-0.05, 0) is 6.07 Å². The summed E-state index contributed by atoms with van der Waals surface area (Å²) in [7, 11) is 1.54. The Kier molecular flexibility index (Phi) is 3.60. The van der Waals surface area contributed by atoms with E-state index in [0.29, 0.717) is 11.3 Å². The van der Waals surface area contributed by atoms with Crippen molar-refractivity contribution in [1.29, 1.82) is 10.5 Å². The van der Waals surface area contributed by atoms with Gasteiger partial charge in [-0.3, -0.25) is 4.79 Å². The second-order valence-electron chi connectivity index (χ2n) is 5.52. The predicted octanol–water partition coefficient (Wildman–Crippen LogP) is 3.33. The van der Waals surface area contributed by atoms with Crippen molar-refractivity contribution in [3.63, 3.8) is 0 Å². The lowest BCUT2D eigenvalue weighted by Crippen LogP contribution is -2.08. The van der Waals surface area contributed by atoms with Crippen LogP contribution in [0.15, 0.2) is 54.6 Å². The molecular weight excluding hydrogens is 288 g/mol. The number of nitrogens with zero attached hydrogens (tertiary/aromatic N) is 2. The van der Waals surface area contributed by atoms with Gasteiger partial charge in [0.05, 0.1) is 25.2 Å². The lowest BCUT2D eigenvalue weighted by atomic mass is 10.0. The van der Waals surface area contributed by atoms with E-state index in [0.717, 1.165) is 5.56 Å². The van der Waals surface area contributed by atoms with Gasteiger partial charge in [-0.1, -0.05) is 48.5 Å². The Morgan fingerprint density at radius 3 is 2.26 bits per heavy atom. The standard InChI is InChI=1S/C19H14N2O2/c1-23-15-10-6-5-9-14(15)16-17(19(16,11-20)12-21)18(22)13-7-3-2-4-8-13/h2-10,16-17H,1H3. The Bertz CT molecular complexity index is 816. The van der Waals surface area contributed by atoms with Gasteiger partial charge in [-0.25, -0.2) is 0 Å². The van der Waals surface area contributed by atoms with Crippen LogP contribution in [0.25, 0.3) is 0 Å². The molecule has 2 aromatic rings. The quantitative estimate of drug-likeness (QED) is 0.812. The number of hydrogen-bond donors (Lipinski definition) is 0. The first-order valence-corrected chi connectivity index (χ1v) is 7.24. The third-order valence-corrected chi connectivity index (χ3v) is 4.39. The number of rotatable bonds is 4. The molecule has 1 saturated carbocycles. The largest absolute Gasteiger partial charge is 0.496 e. The molecule has 0 aromatic heterocycles. The van der Waals surface area contributed by atoms with Crippen molar-refractivity contribution < 1.29 is 9.53 Å². The van der Waals surface area contributed by atoms with E-state index in [-0.39, 0.29) is 5.78 Å². The molecule has 1 fully saturated rings. The summed E-state index contributed by atoms with van der Waals surface area (Å²) in [5, 5.41) is 19.1. The number of Topliss-reactive ketones (excluding diaryl/α,β-unsaturated/α-hetero) is 1. The van der Waals surface area contributed by atoms with E-state index in [1.165, 1.54) is 7.11 Å². The smallest absolute Gasteiger partial charge is 0.169 e. The summed E-state index contributed by atoms with van der Waals surface area (Å²) in [5.74, 6) is -0.724. The molecule has 0 saturated heterocycles. The van der Waals surface area contributed by atoms with Gasteiger partial charge in [-0.2, -0.15) is 10.5 Å². The lowest BCUT2D eigenvalue weighted by molar-refractivity contribution is 0.0958. The molecule has 2 aromatic carbocycles. The summed E-state index contributed by atoms with van der Waals surface area (Å²) in [6, 6.07) is 20.1. The summed E-state index contributed by atoms with van der Waals surface area (Å²) in [4.78, 5) is 12.8. The van der Waals surface area contributed by atoms with E-state index < -0.39 is 17.3 Å². The number of para-hydroxylation sites is 1. The number of carbonyl (C=O) groups excluding carboxylic acids is 1. The number of methoxy groups -OCH3 is 1. The summed E-state index contributed by atoms with van der Waals surface area (Å²) in [5.41, 5.74) is -0.0844. The van der Waals surface area contributed by atoms with Crippen molar-refractivity contribution in [2.75, 3.05) is 7.11 Å². The molecule has 4 nitrogen and oxygen atoms in total. The lowest BCUT2D eigenvalue weighted by Gasteiger charge is -2.07. The molecule has 1 aliphatic carbocycles. The van der Waals surface area contributed by atoms with Gasteiger partial charge in [0.25, 0.3) is 0 Å². The van der Waals surface area contributed by atoms with E-state index in [2.05, 4.69) is 12.1 Å². The molecule has 0 bridgehead atoms. The van der Waals surface area contributed by atoms with Crippen LogP contribution in [0.3, 0.4) is 0 Å². The van der Waals surface area contributed by atoms with Crippen LogP contribution in [-0.2, 0) is 0 Å². The first-order valence-electron chi connectivity index (χ1n) is 7.24. The third-order valence-electron chi connectivity index (χ3n) is 4.39. The second-order valence-corrected chi connectivity index (χ2v) is 5.52. The molecule has 3 rings (SSSR count). The predicted molar refractivity (Wildman–Crippen MR) is 83.7 cm³/mol. The van der Waals surface area contributed by atoms with Gasteiger partial charge in [0.1, 0.15) is 5.75 Å². The number of nitriles is 2. The van der Waals surface area contributed by atoms with Crippen LogP contribution in [-0.4, -0.2) is 12.9 Å². The molecule has 4 heteroatoms. The second kappa shape index (κ2) is 5.59. The highest BCUT2D eigenvalue weighted by molar-refractivity contribution is 6.02. The number of carbonyl (C=O) groups is 1. The van der Waals surface area contributed by atoms with Crippen LogP contribution >= 0.6 is 0 Å². The van der Waals surface area contributed by atoms with Crippen molar-refractivity contribution in [2.45, 2.75) is 5.92 Å². The summed E-state index contributed by atoms with van der Waals surface area (Å²) in [6.07, 6.45) is 0. The first kappa shape index (κ1) is 14.8. The molecule has 0 spiro atoms.